The van der Waals surface area contributed by atoms with E-state index >= 15 is 0 Å². The van der Waals surface area contributed by atoms with Crippen LogP contribution in [0.15, 0.2) is 29.3 Å². The van der Waals surface area contributed by atoms with Crippen LogP contribution in [-0.4, -0.2) is 87.1 Å². The molecule has 3 aromatic rings. The van der Waals surface area contributed by atoms with Crippen molar-refractivity contribution in [1.29, 1.82) is 0 Å². The first-order valence-corrected chi connectivity index (χ1v) is 15.9. The third kappa shape index (κ3) is 7.11. The van der Waals surface area contributed by atoms with E-state index in [1.165, 1.54) is 4.88 Å². The predicted octanol–water partition coefficient (Wildman–Crippen LogP) is 5.25. The number of thiophene rings is 1. The number of nitrogens with zero attached hydrogens (tertiary/aromatic N) is 6. The number of carbonyl (C=O) groups is 2. The molecule has 0 aliphatic carbocycles. The summed E-state index contributed by atoms with van der Waals surface area (Å²) in [5.74, 6) is 1.36. The Morgan fingerprint density at radius 3 is 2.44 bits per heavy atom. The summed E-state index contributed by atoms with van der Waals surface area (Å²) in [5, 5.41) is 13.6. The molecule has 1 saturated heterocycles. The van der Waals surface area contributed by atoms with Crippen LogP contribution in [0.25, 0.3) is 5.00 Å². The van der Waals surface area contributed by atoms with Crippen LogP contribution in [0.5, 0.6) is 0 Å². The predicted molar refractivity (Wildman–Crippen MR) is 170 cm³/mol. The van der Waals surface area contributed by atoms with Gasteiger partial charge in [0.1, 0.15) is 22.5 Å². The van der Waals surface area contributed by atoms with E-state index in [9.17, 15) is 9.59 Å². The molecular formula is C31H40ClN7O3S. The van der Waals surface area contributed by atoms with E-state index in [1.54, 1.807) is 16.2 Å². The zero-order valence-corrected chi connectivity index (χ0v) is 27.3. The molecule has 2 aliphatic rings. The first-order valence-electron chi connectivity index (χ1n) is 14.7. The number of benzene rings is 1. The van der Waals surface area contributed by atoms with Gasteiger partial charge in [0.15, 0.2) is 5.82 Å². The van der Waals surface area contributed by atoms with E-state index < -0.39 is 11.6 Å². The maximum Gasteiger partial charge on any atom is 0.410 e. The van der Waals surface area contributed by atoms with Crippen molar-refractivity contribution in [1.82, 2.24) is 29.9 Å². The van der Waals surface area contributed by atoms with E-state index in [4.69, 9.17) is 21.3 Å². The molecule has 0 radical (unpaired) electrons. The van der Waals surface area contributed by atoms with Crippen LogP contribution in [0.2, 0.25) is 5.02 Å². The van der Waals surface area contributed by atoms with Gasteiger partial charge in [-0.3, -0.25) is 19.3 Å². The molecule has 0 bridgehead atoms. The number of hydrogen-bond acceptors (Lipinski definition) is 8. The zero-order valence-electron chi connectivity index (χ0n) is 25.7. The molecule has 0 spiro atoms. The monoisotopic (exact) mass is 625 g/mol. The summed E-state index contributed by atoms with van der Waals surface area (Å²) >= 11 is 7.90. The summed E-state index contributed by atoms with van der Waals surface area (Å²) in [6.45, 7) is 16.0. The quantitative estimate of drug-likeness (QED) is 0.360. The topological polar surface area (TPSA) is 105 Å². The van der Waals surface area contributed by atoms with Gasteiger partial charge in [-0.25, -0.2) is 4.79 Å². The lowest BCUT2D eigenvalue weighted by atomic mass is 9.99. The minimum atomic E-state index is -0.495. The molecule has 2 amide bonds. The van der Waals surface area contributed by atoms with Gasteiger partial charge in [-0.1, -0.05) is 23.7 Å². The number of fused-ring (bicyclic) bond motifs is 3. The molecule has 0 saturated carbocycles. The second-order valence-electron chi connectivity index (χ2n) is 12.1. The van der Waals surface area contributed by atoms with Crippen molar-refractivity contribution in [2.24, 2.45) is 4.99 Å². The molecule has 1 fully saturated rings. The van der Waals surface area contributed by atoms with Crippen LogP contribution in [0, 0.1) is 20.8 Å². The van der Waals surface area contributed by atoms with E-state index in [1.807, 2.05) is 52.0 Å². The first-order chi connectivity index (χ1) is 20.4. The highest BCUT2D eigenvalue weighted by Gasteiger charge is 2.32. The fraction of sp³-hybridized carbons (Fsp3) is 0.516. The number of nitrogens with one attached hydrogen (secondary N) is 1. The summed E-state index contributed by atoms with van der Waals surface area (Å²) < 4.78 is 7.55. The summed E-state index contributed by atoms with van der Waals surface area (Å²) in [5.41, 5.74) is 3.49. The normalized spacial score (nSPS) is 17.1. The van der Waals surface area contributed by atoms with Gasteiger partial charge in [0.05, 0.1) is 12.1 Å². The summed E-state index contributed by atoms with van der Waals surface area (Å²) in [4.78, 5) is 36.0. The molecule has 2 aromatic heterocycles. The van der Waals surface area contributed by atoms with Crippen LogP contribution >= 0.6 is 22.9 Å². The Kier molecular flexibility index (Phi) is 9.24. The number of carbonyl (C=O) groups excluding carboxylic acids is 2. The van der Waals surface area contributed by atoms with Gasteiger partial charge in [-0.2, -0.15) is 0 Å². The highest BCUT2D eigenvalue weighted by molar-refractivity contribution is 7.15. The minimum Gasteiger partial charge on any atom is -0.444 e. The van der Waals surface area contributed by atoms with Crippen LogP contribution < -0.4 is 5.32 Å². The van der Waals surface area contributed by atoms with E-state index in [2.05, 4.69) is 38.8 Å². The molecule has 230 valence electrons. The van der Waals surface area contributed by atoms with Crippen molar-refractivity contribution >= 4 is 40.6 Å². The number of piperazine rings is 1. The molecule has 1 aromatic carbocycles. The Balaban J connectivity index is 1.23. The molecule has 0 unspecified atom stereocenters. The van der Waals surface area contributed by atoms with Crippen molar-refractivity contribution < 1.29 is 14.3 Å². The fourth-order valence-electron chi connectivity index (χ4n) is 5.39. The molecular weight excluding hydrogens is 586 g/mol. The standard InChI is InChI=1S/C31H40ClN7O3S/c1-19-20(2)43-29-26(19)27(22-8-10-23(32)11-9-22)34-24(28-36-35-21(3)39(28)29)18-25(40)33-12-7-13-37-14-16-38(17-15-37)30(41)42-31(4,5)6/h8-11,24H,7,12-18H2,1-6H3,(H,33,40)/t24-/m0/s1. The summed E-state index contributed by atoms with van der Waals surface area (Å²) in [6.07, 6.45) is 0.718. The van der Waals surface area contributed by atoms with E-state index in [-0.39, 0.29) is 18.4 Å². The number of amides is 2. The average Bonchev–Trinajstić information content (AvgIpc) is 3.43. The molecule has 43 heavy (non-hydrogen) atoms. The van der Waals surface area contributed by atoms with Gasteiger partial charge in [0.25, 0.3) is 0 Å². The molecule has 4 heterocycles. The summed E-state index contributed by atoms with van der Waals surface area (Å²) in [7, 11) is 0. The number of halogens is 1. The number of aromatic nitrogens is 3. The lowest BCUT2D eigenvalue weighted by Crippen LogP contribution is -2.50. The van der Waals surface area contributed by atoms with Crippen molar-refractivity contribution in [2.45, 2.75) is 66.0 Å². The molecule has 10 nitrogen and oxygen atoms in total. The number of ether oxygens (including phenoxy) is 1. The lowest BCUT2D eigenvalue weighted by molar-refractivity contribution is -0.121. The smallest absolute Gasteiger partial charge is 0.410 e. The van der Waals surface area contributed by atoms with Gasteiger partial charge in [-0.05, 0) is 72.2 Å². The highest BCUT2D eigenvalue weighted by atomic mass is 35.5. The highest BCUT2D eigenvalue weighted by Crippen LogP contribution is 2.39. The number of rotatable bonds is 7. The van der Waals surface area contributed by atoms with Crippen LogP contribution in [0.3, 0.4) is 0 Å². The van der Waals surface area contributed by atoms with Gasteiger partial charge in [0, 0.05) is 53.8 Å². The number of aryl methyl sites for hydroxylation is 2. The third-order valence-electron chi connectivity index (χ3n) is 7.73. The van der Waals surface area contributed by atoms with Gasteiger partial charge >= 0.3 is 6.09 Å². The van der Waals surface area contributed by atoms with Crippen molar-refractivity contribution in [3.05, 3.63) is 62.5 Å². The molecule has 2 aliphatic heterocycles. The largest absolute Gasteiger partial charge is 0.444 e. The van der Waals surface area contributed by atoms with E-state index in [0.717, 1.165) is 59.3 Å². The average molecular weight is 626 g/mol. The van der Waals surface area contributed by atoms with Crippen LogP contribution in [0.1, 0.15) is 72.9 Å². The Bertz CT molecular complexity index is 1520. The molecule has 5 rings (SSSR count). The van der Waals surface area contributed by atoms with E-state index in [0.29, 0.717) is 30.5 Å². The van der Waals surface area contributed by atoms with Gasteiger partial charge in [-0.15, -0.1) is 21.5 Å². The van der Waals surface area contributed by atoms with Crippen LogP contribution in [0.4, 0.5) is 4.79 Å². The molecule has 1 N–H and O–H groups in total. The van der Waals surface area contributed by atoms with Crippen molar-refractivity contribution in [2.75, 3.05) is 39.3 Å². The number of aliphatic imine (C=N–C) groups is 1. The molecule has 12 heteroatoms. The van der Waals surface area contributed by atoms with Crippen molar-refractivity contribution in [3.8, 4) is 5.00 Å². The van der Waals surface area contributed by atoms with Crippen LogP contribution in [-0.2, 0) is 9.53 Å². The summed E-state index contributed by atoms with van der Waals surface area (Å²) in [6, 6.07) is 7.18. The lowest BCUT2D eigenvalue weighted by Gasteiger charge is -2.35. The fourth-order valence-corrected chi connectivity index (χ4v) is 6.73. The molecule has 1 atom stereocenters. The maximum atomic E-state index is 13.2. The SMILES string of the molecule is Cc1sc2c(c1C)C(c1ccc(Cl)cc1)=N[C@@H](CC(=O)NCCCN1CCN(C(=O)OC(C)(C)C)CC1)c1nnc(C)n1-2. The Morgan fingerprint density at radius 1 is 1.07 bits per heavy atom. The Hall–Kier alpha value is -3.28. The van der Waals surface area contributed by atoms with Gasteiger partial charge < -0.3 is 15.0 Å². The second kappa shape index (κ2) is 12.8. The van der Waals surface area contributed by atoms with Gasteiger partial charge in [0.2, 0.25) is 5.91 Å². The zero-order chi connectivity index (χ0) is 30.9. The Labute approximate surface area is 262 Å². The maximum absolute atomic E-state index is 13.2. The van der Waals surface area contributed by atoms with Crippen molar-refractivity contribution in [3.63, 3.8) is 0 Å². The number of hydrogen-bond donors (Lipinski definition) is 1. The second-order valence-corrected chi connectivity index (χ2v) is 13.8. The third-order valence-corrected chi connectivity index (χ3v) is 9.18. The first kappa shape index (κ1) is 31.2. The minimum absolute atomic E-state index is 0.0793. The Morgan fingerprint density at radius 2 is 1.77 bits per heavy atom.